The second kappa shape index (κ2) is 11.0. The maximum Gasteiger partial charge on any atom is 0.248 e. The lowest BCUT2D eigenvalue weighted by Crippen LogP contribution is -2.57. The third-order valence-electron chi connectivity index (χ3n) is 10.9. The molecule has 0 radical (unpaired) electrons. The molecule has 51 heavy (non-hydrogen) atoms. The molecule has 0 aliphatic carbocycles. The highest BCUT2D eigenvalue weighted by Gasteiger charge is 2.37. The van der Waals surface area contributed by atoms with Crippen molar-refractivity contribution in [1.29, 1.82) is 0 Å². The fourth-order valence-corrected chi connectivity index (χ4v) is 9.45. The highest BCUT2D eigenvalue weighted by Crippen LogP contribution is 2.40. The Morgan fingerprint density at radius 1 is 0.549 bits per heavy atom. The van der Waals surface area contributed by atoms with Crippen LogP contribution in [0.2, 0.25) is 0 Å². The summed E-state index contributed by atoms with van der Waals surface area (Å²) in [5.74, 6) is 0. The smallest absolute Gasteiger partial charge is 0.248 e. The van der Waals surface area contributed by atoms with Gasteiger partial charge >= 0.3 is 0 Å². The molecule has 0 bridgehead atoms. The third-order valence-corrected chi connectivity index (χ3v) is 11.6. The first-order valence-corrected chi connectivity index (χ1v) is 18.6. The lowest BCUT2D eigenvalue weighted by Gasteiger charge is -2.30. The predicted octanol–water partition coefficient (Wildman–Crippen LogP) is 10.9. The lowest BCUT2D eigenvalue weighted by atomic mass is 9.34. The molecule has 2 aromatic heterocycles. The SMILES string of the molecule is Cc1ccc2c(c1)c1cc(I)cc3c1n2-c1cc2c(cc1B3c1c(-c3ccccc3)cccc1-c1ccccc1)oc1c3ccccc3ccc21. The normalized spacial score (nSPS) is 12.5. The number of aryl methyl sites for hydroxylation is 1. The Bertz CT molecular complexity index is 2990. The Labute approximate surface area is 309 Å². The summed E-state index contributed by atoms with van der Waals surface area (Å²) in [4.78, 5) is 0. The Balaban J connectivity index is 1.34. The van der Waals surface area contributed by atoms with Crippen molar-refractivity contribution < 1.29 is 4.42 Å². The second-order valence-corrected chi connectivity index (χ2v) is 15.1. The molecule has 11 rings (SSSR count). The van der Waals surface area contributed by atoms with E-state index < -0.39 is 0 Å². The van der Waals surface area contributed by atoms with Crippen LogP contribution in [0.4, 0.5) is 0 Å². The molecular formula is C47H29BINO. The summed E-state index contributed by atoms with van der Waals surface area (Å²) in [6.45, 7) is 2.14. The maximum absolute atomic E-state index is 6.90. The van der Waals surface area contributed by atoms with Gasteiger partial charge in [0.05, 0.1) is 5.52 Å². The molecule has 0 saturated heterocycles. The van der Waals surface area contributed by atoms with E-state index in [0.717, 1.165) is 27.3 Å². The first-order valence-electron chi connectivity index (χ1n) is 17.5. The van der Waals surface area contributed by atoms with E-state index in [1.165, 1.54) is 80.7 Å². The summed E-state index contributed by atoms with van der Waals surface area (Å²) in [6, 6.07) is 58.1. The average Bonchev–Trinajstić information content (AvgIpc) is 3.70. The minimum absolute atomic E-state index is 0.0592. The molecular weight excluding hydrogens is 732 g/mol. The summed E-state index contributed by atoms with van der Waals surface area (Å²) in [7, 11) is 0. The zero-order valence-electron chi connectivity index (χ0n) is 27.8. The summed E-state index contributed by atoms with van der Waals surface area (Å²) >= 11 is 2.52. The lowest BCUT2D eigenvalue weighted by molar-refractivity contribution is 0.673. The van der Waals surface area contributed by atoms with Crippen molar-refractivity contribution in [2.24, 2.45) is 0 Å². The predicted molar refractivity (Wildman–Crippen MR) is 225 cm³/mol. The summed E-state index contributed by atoms with van der Waals surface area (Å²) < 4.78 is 10.7. The van der Waals surface area contributed by atoms with Gasteiger partial charge in [0.2, 0.25) is 6.71 Å². The van der Waals surface area contributed by atoms with Gasteiger partial charge < -0.3 is 8.98 Å². The van der Waals surface area contributed by atoms with E-state index in [1.807, 2.05) is 0 Å². The molecule has 0 spiro atoms. The molecule has 0 N–H and O–H groups in total. The molecule has 10 aromatic rings. The largest absolute Gasteiger partial charge is 0.455 e. The van der Waals surface area contributed by atoms with Crippen LogP contribution in [0.3, 0.4) is 0 Å². The van der Waals surface area contributed by atoms with Crippen LogP contribution in [0.25, 0.3) is 82.5 Å². The maximum atomic E-state index is 6.90. The van der Waals surface area contributed by atoms with Crippen LogP contribution in [0.15, 0.2) is 162 Å². The van der Waals surface area contributed by atoms with Crippen LogP contribution in [0.5, 0.6) is 0 Å². The van der Waals surface area contributed by atoms with E-state index in [4.69, 9.17) is 4.42 Å². The number of hydrogen-bond donors (Lipinski definition) is 0. The van der Waals surface area contributed by atoms with Gasteiger partial charge in [-0.15, -0.1) is 0 Å². The van der Waals surface area contributed by atoms with Gasteiger partial charge in [-0.25, -0.2) is 0 Å². The number of halogens is 1. The molecule has 0 saturated carbocycles. The van der Waals surface area contributed by atoms with Crippen molar-refractivity contribution >= 4 is 100 Å². The number of nitrogens with zero attached hydrogens (tertiary/aromatic N) is 1. The average molecular weight is 761 g/mol. The van der Waals surface area contributed by atoms with E-state index in [-0.39, 0.29) is 6.71 Å². The number of furan rings is 1. The Hall–Kier alpha value is -5.59. The van der Waals surface area contributed by atoms with Crippen molar-refractivity contribution in [3.8, 4) is 27.9 Å². The van der Waals surface area contributed by atoms with Crippen LogP contribution in [0.1, 0.15) is 5.56 Å². The van der Waals surface area contributed by atoms with Crippen molar-refractivity contribution in [3.05, 3.63) is 167 Å². The number of rotatable bonds is 3. The summed E-state index contributed by atoms with van der Waals surface area (Å²) in [5.41, 5.74) is 15.7. The molecule has 0 amide bonds. The number of fused-ring (bicyclic) bond motifs is 10. The molecule has 238 valence electrons. The van der Waals surface area contributed by atoms with E-state index in [1.54, 1.807) is 0 Å². The Morgan fingerprint density at radius 3 is 2.04 bits per heavy atom. The van der Waals surface area contributed by atoms with Gasteiger partial charge in [-0.2, -0.15) is 0 Å². The van der Waals surface area contributed by atoms with Gasteiger partial charge in [0.1, 0.15) is 11.2 Å². The highest BCUT2D eigenvalue weighted by atomic mass is 127. The fourth-order valence-electron chi connectivity index (χ4n) is 8.80. The van der Waals surface area contributed by atoms with Crippen LogP contribution in [0, 0.1) is 10.5 Å². The van der Waals surface area contributed by atoms with E-state index >= 15 is 0 Å². The molecule has 4 heteroatoms. The van der Waals surface area contributed by atoms with Gasteiger partial charge in [0, 0.05) is 41.7 Å². The Kier molecular flexibility index (Phi) is 6.27. The van der Waals surface area contributed by atoms with Gasteiger partial charge in [0.15, 0.2) is 0 Å². The molecule has 2 nitrogen and oxygen atoms in total. The topological polar surface area (TPSA) is 18.1 Å². The highest BCUT2D eigenvalue weighted by molar-refractivity contribution is 14.1. The van der Waals surface area contributed by atoms with E-state index in [9.17, 15) is 0 Å². The fraction of sp³-hybridized carbons (Fsp3) is 0.0213. The molecule has 3 heterocycles. The van der Waals surface area contributed by atoms with Crippen molar-refractivity contribution in [3.63, 3.8) is 0 Å². The van der Waals surface area contributed by atoms with Crippen molar-refractivity contribution in [2.75, 3.05) is 0 Å². The third kappa shape index (κ3) is 4.23. The number of aromatic nitrogens is 1. The quantitative estimate of drug-likeness (QED) is 0.130. The number of benzene rings is 8. The zero-order valence-corrected chi connectivity index (χ0v) is 30.0. The van der Waals surface area contributed by atoms with Gasteiger partial charge in [-0.3, -0.25) is 0 Å². The second-order valence-electron chi connectivity index (χ2n) is 13.9. The van der Waals surface area contributed by atoms with Gasteiger partial charge in [-0.05, 0) is 104 Å². The standard InChI is InChI=1S/C47H29BINO/c1-28-19-22-42-37(23-28)39-24-32(49)25-41-46(39)50(42)43-26-38-36-21-20-31-15-8-9-16-35(31)47(36)51-44(38)27-40(43)48(41)45-33(29-11-4-2-5-12-29)17-10-18-34(45)30-13-6-3-7-14-30/h2-27H,1H3. The molecule has 0 atom stereocenters. The Morgan fingerprint density at radius 2 is 1.27 bits per heavy atom. The van der Waals surface area contributed by atoms with Crippen LogP contribution >= 0.6 is 22.6 Å². The zero-order chi connectivity index (χ0) is 33.8. The van der Waals surface area contributed by atoms with Crippen LogP contribution in [-0.4, -0.2) is 11.3 Å². The van der Waals surface area contributed by atoms with Gasteiger partial charge in [0.25, 0.3) is 0 Å². The monoisotopic (exact) mass is 761 g/mol. The van der Waals surface area contributed by atoms with E-state index in [0.29, 0.717) is 0 Å². The van der Waals surface area contributed by atoms with Gasteiger partial charge in [-0.1, -0.05) is 132 Å². The number of hydrogen-bond acceptors (Lipinski definition) is 1. The minimum atomic E-state index is -0.0592. The molecule has 0 unspecified atom stereocenters. The summed E-state index contributed by atoms with van der Waals surface area (Å²) in [6.07, 6.45) is 0. The molecule has 0 fully saturated rings. The molecule has 8 aromatic carbocycles. The molecule has 1 aliphatic rings. The molecule has 1 aliphatic heterocycles. The van der Waals surface area contributed by atoms with Crippen molar-refractivity contribution in [2.45, 2.75) is 6.92 Å². The first kappa shape index (κ1) is 29.2. The first-order chi connectivity index (χ1) is 25.1. The van der Waals surface area contributed by atoms with E-state index in [2.05, 4.69) is 192 Å². The van der Waals surface area contributed by atoms with Crippen LogP contribution in [-0.2, 0) is 0 Å². The summed E-state index contributed by atoms with van der Waals surface area (Å²) in [5, 5.41) is 7.21. The van der Waals surface area contributed by atoms with Crippen molar-refractivity contribution in [1.82, 2.24) is 4.57 Å². The minimum Gasteiger partial charge on any atom is -0.455 e. The van der Waals surface area contributed by atoms with Crippen LogP contribution < -0.4 is 16.4 Å².